The minimum absolute atomic E-state index is 0.854. The maximum Gasteiger partial charge on any atom is 0.242 e. The molecule has 0 aliphatic heterocycles. The van der Waals surface area contributed by atoms with Gasteiger partial charge in [-0.25, -0.2) is 8.78 Å². The van der Waals surface area contributed by atoms with Crippen molar-refractivity contribution in [2.45, 2.75) is 178 Å². The van der Waals surface area contributed by atoms with Gasteiger partial charge in [0.25, 0.3) is 0 Å². The van der Waals surface area contributed by atoms with E-state index < -0.39 is 5.92 Å². The molecule has 1 aromatic carbocycles. The molecule has 48 heavy (non-hydrogen) atoms. The normalized spacial score (nSPS) is 14.0. The zero-order valence-electron chi connectivity index (χ0n) is 33.0. The van der Waals surface area contributed by atoms with Gasteiger partial charge in [0.05, 0.1) is 0 Å². The number of carbonyl (C=O) groups excluding carboxylic acids is 1. The summed E-state index contributed by atoms with van der Waals surface area (Å²) < 4.78 is 22.0. The number of aryl methyl sites for hydroxylation is 1. The van der Waals surface area contributed by atoms with Gasteiger partial charge in [-0.2, -0.15) is 0 Å². The van der Waals surface area contributed by atoms with E-state index in [2.05, 4.69) is 89.5 Å². The first-order valence-electron chi connectivity index (χ1n) is 19.0. The van der Waals surface area contributed by atoms with Gasteiger partial charge in [-0.05, 0) is 62.8 Å². The van der Waals surface area contributed by atoms with Crippen molar-refractivity contribution in [3.05, 3.63) is 65.5 Å². The number of rotatable bonds is 7. The molecule has 0 N–H and O–H groups in total. The fourth-order valence-corrected chi connectivity index (χ4v) is 5.03. The number of unbranched alkanes of at least 4 members (excludes halogenated alkanes) is 3. The Morgan fingerprint density at radius 1 is 0.833 bits per heavy atom. The summed E-state index contributed by atoms with van der Waals surface area (Å²) >= 11 is 0. The molecule has 2 aliphatic carbocycles. The van der Waals surface area contributed by atoms with Crippen molar-refractivity contribution in [3.63, 3.8) is 0 Å². The van der Waals surface area contributed by atoms with E-state index >= 15 is 0 Å². The number of aromatic nitrogens is 1. The molecule has 4 heteroatoms. The first-order chi connectivity index (χ1) is 23.0. The molecule has 2 fully saturated rings. The molecule has 1 heterocycles. The number of halogens is 2. The van der Waals surface area contributed by atoms with Gasteiger partial charge in [0.2, 0.25) is 5.92 Å². The first-order valence-corrected chi connectivity index (χ1v) is 19.0. The molecule has 0 bridgehead atoms. The van der Waals surface area contributed by atoms with Crippen LogP contribution in [-0.4, -0.2) is 17.7 Å². The topological polar surface area (TPSA) is 30.0 Å². The van der Waals surface area contributed by atoms with Crippen molar-refractivity contribution in [1.82, 2.24) is 4.98 Å². The Bertz CT molecular complexity index is 992. The summed E-state index contributed by atoms with van der Waals surface area (Å²) in [7, 11) is 0. The second-order valence-electron chi connectivity index (χ2n) is 12.9. The lowest BCUT2D eigenvalue weighted by Crippen LogP contribution is -1.99. The molecule has 0 saturated heterocycles. The van der Waals surface area contributed by atoms with Gasteiger partial charge in [-0.1, -0.05) is 186 Å². The molecule has 2 aliphatic rings. The monoisotopic (exact) mass is 672 g/mol. The number of pyridine rings is 1. The Morgan fingerprint density at radius 2 is 1.25 bits per heavy atom. The van der Waals surface area contributed by atoms with Crippen molar-refractivity contribution in [2.24, 2.45) is 5.92 Å². The van der Waals surface area contributed by atoms with Gasteiger partial charge >= 0.3 is 0 Å². The summed E-state index contributed by atoms with van der Waals surface area (Å²) in [4.78, 5) is 12.4. The zero-order chi connectivity index (χ0) is 37.2. The van der Waals surface area contributed by atoms with E-state index in [-0.39, 0.29) is 0 Å². The van der Waals surface area contributed by atoms with Crippen LogP contribution >= 0.6 is 0 Å². The largest absolute Gasteiger partial charge is 0.307 e. The lowest BCUT2D eigenvalue weighted by molar-refractivity contribution is -0.0980. The zero-order valence-corrected chi connectivity index (χ0v) is 33.0. The number of benzene rings is 1. The highest BCUT2D eigenvalue weighted by Crippen LogP contribution is 2.28. The van der Waals surface area contributed by atoms with Crippen LogP contribution in [0.2, 0.25) is 0 Å². The lowest BCUT2D eigenvalue weighted by atomic mass is 9.91. The highest BCUT2D eigenvalue weighted by atomic mass is 19.3. The quantitative estimate of drug-likeness (QED) is 0.274. The molecule has 1 aromatic heterocycles. The highest BCUT2D eigenvalue weighted by Gasteiger charge is 2.09. The van der Waals surface area contributed by atoms with Crippen LogP contribution in [0.4, 0.5) is 8.78 Å². The van der Waals surface area contributed by atoms with E-state index in [0.717, 1.165) is 37.4 Å². The molecular weight excluding hydrogens is 596 g/mol. The summed E-state index contributed by atoms with van der Waals surface area (Å²) in [6.07, 6.45) is 29.0. The third kappa shape index (κ3) is 30.7. The Labute approximate surface area is 297 Å². The number of hydrogen-bond acceptors (Lipinski definition) is 2. The number of nitrogens with zero attached hydrogens (tertiary/aromatic N) is 1. The standard InChI is InChI=1S/C19H21N.C7H14.C6H12.C6H14.C3H6F2.C2H6.CH2O/c1-5-14(3)13-19-15(4)20-12-11-18(19)17-9-7-16(6-2)8-10-17;1-7-5-3-2-4-6-7;1-2-4-6-5-3-1;1-3-5-6-4-2;1-3(2,4)5;2*1-2/h6-13H,2,5H2,1,3-4H3;7H,2-6H2,1H3;1-6H2;3-6H2,1-2H3;1-2H3;1-2H3;1H2/b14-13+;;;;;;. The summed E-state index contributed by atoms with van der Waals surface area (Å²) in [5.74, 6) is -1.46. The van der Waals surface area contributed by atoms with E-state index in [1.54, 1.807) is 0 Å². The Kier molecular flexibility index (Phi) is 35.5. The van der Waals surface area contributed by atoms with Gasteiger partial charge in [0.15, 0.2) is 0 Å². The van der Waals surface area contributed by atoms with E-state index in [1.807, 2.05) is 32.9 Å². The van der Waals surface area contributed by atoms with E-state index in [0.29, 0.717) is 0 Å². The van der Waals surface area contributed by atoms with Crippen LogP contribution in [-0.2, 0) is 4.79 Å². The SMILES string of the molecule is C1CCCCC1.C=Cc1ccc(-c2ccnc(C)c2/C=C(\C)CC)cc1.C=O.CC.CC(C)(F)F.CC1CCCCC1.CCCCCC. The second-order valence-corrected chi connectivity index (χ2v) is 12.9. The Hall–Kier alpha value is -2.62. The van der Waals surface area contributed by atoms with Crippen LogP contribution in [0.25, 0.3) is 23.3 Å². The minimum Gasteiger partial charge on any atom is -0.307 e. The van der Waals surface area contributed by atoms with Crippen molar-refractivity contribution < 1.29 is 13.6 Å². The average Bonchev–Trinajstić information content (AvgIpc) is 3.11. The Balaban J connectivity index is -0.000000594. The predicted octanol–water partition coefficient (Wildman–Crippen LogP) is 15.5. The minimum atomic E-state index is -2.50. The van der Waals surface area contributed by atoms with Gasteiger partial charge in [-0.15, -0.1) is 0 Å². The average molecular weight is 672 g/mol. The highest BCUT2D eigenvalue weighted by molar-refractivity contribution is 5.77. The van der Waals surface area contributed by atoms with Gasteiger partial charge in [0.1, 0.15) is 6.79 Å². The maximum atomic E-state index is 11.0. The smallest absolute Gasteiger partial charge is 0.242 e. The molecule has 2 nitrogen and oxygen atoms in total. The van der Waals surface area contributed by atoms with Crippen LogP contribution in [0, 0.1) is 12.8 Å². The third-order valence-electron chi connectivity index (χ3n) is 7.95. The lowest BCUT2D eigenvalue weighted by Gasteiger charge is -2.15. The van der Waals surface area contributed by atoms with Crippen LogP contribution in [0.1, 0.15) is 182 Å². The van der Waals surface area contributed by atoms with E-state index in [1.165, 1.54) is 119 Å². The van der Waals surface area contributed by atoms with Crippen LogP contribution in [0.15, 0.2) is 48.7 Å². The number of carbonyl (C=O) groups is 1. The first kappa shape index (κ1) is 49.8. The van der Waals surface area contributed by atoms with E-state index in [9.17, 15) is 8.78 Å². The van der Waals surface area contributed by atoms with Crippen LogP contribution in [0.3, 0.4) is 0 Å². The van der Waals surface area contributed by atoms with Gasteiger partial charge < -0.3 is 4.79 Å². The number of alkyl halides is 2. The van der Waals surface area contributed by atoms with Crippen molar-refractivity contribution in [3.8, 4) is 11.1 Å². The molecule has 0 amide bonds. The second kappa shape index (κ2) is 34.3. The summed E-state index contributed by atoms with van der Waals surface area (Å²) in [6, 6.07) is 10.6. The van der Waals surface area contributed by atoms with E-state index in [4.69, 9.17) is 4.79 Å². The molecule has 2 saturated carbocycles. The molecule has 4 rings (SSSR count). The summed E-state index contributed by atoms with van der Waals surface area (Å²) in [5.41, 5.74) is 7.25. The fraction of sp³-hybridized carbons (Fsp3) is 0.636. The number of allylic oxidation sites excluding steroid dienone is 1. The molecule has 0 atom stereocenters. The van der Waals surface area contributed by atoms with Crippen molar-refractivity contribution in [1.29, 1.82) is 0 Å². The molecule has 2 aromatic rings. The third-order valence-corrected chi connectivity index (χ3v) is 7.95. The summed E-state index contributed by atoms with van der Waals surface area (Å²) in [5, 5.41) is 0. The van der Waals surface area contributed by atoms with Gasteiger partial charge in [0, 0.05) is 17.5 Å². The molecule has 0 unspecified atom stereocenters. The molecule has 0 radical (unpaired) electrons. The molecule has 276 valence electrons. The van der Waals surface area contributed by atoms with Crippen molar-refractivity contribution >= 4 is 18.9 Å². The summed E-state index contributed by atoms with van der Waals surface area (Å²) in [6.45, 7) is 24.7. The molecule has 0 spiro atoms. The maximum absolute atomic E-state index is 11.0. The van der Waals surface area contributed by atoms with Crippen LogP contribution in [0.5, 0.6) is 0 Å². The Morgan fingerprint density at radius 3 is 1.58 bits per heavy atom. The van der Waals surface area contributed by atoms with Crippen molar-refractivity contribution in [2.75, 3.05) is 0 Å². The molecular formula is C44H75F2NO. The fourth-order valence-electron chi connectivity index (χ4n) is 5.03. The van der Waals surface area contributed by atoms with Crippen LogP contribution < -0.4 is 0 Å². The van der Waals surface area contributed by atoms with Gasteiger partial charge in [-0.3, -0.25) is 4.98 Å². The number of hydrogen-bond donors (Lipinski definition) is 0. The predicted molar refractivity (Wildman–Crippen MR) is 213 cm³/mol.